The van der Waals surface area contributed by atoms with Crippen molar-refractivity contribution in [3.8, 4) is 11.4 Å². The van der Waals surface area contributed by atoms with Gasteiger partial charge in [0.25, 0.3) is 0 Å². The average molecular weight is 687 g/mol. The fourth-order valence-corrected chi connectivity index (χ4v) is 5.91. The van der Waals surface area contributed by atoms with Crippen LogP contribution in [-0.4, -0.2) is 89.1 Å². The van der Waals surface area contributed by atoms with Gasteiger partial charge >= 0.3 is 11.9 Å². The fraction of sp³-hybridized carbons (Fsp3) is 0.594. The van der Waals surface area contributed by atoms with Crippen LogP contribution in [0.1, 0.15) is 65.6 Å². The van der Waals surface area contributed by atoms with E-state index in [2.05, 4.69) is 59.6 Å². The zero-order chi connectivity index (χ0) is 35.1. The number of carbonyl (C=O) groups excluding carboxylic acids is 3. The van der Waals surface area contributed by atoms with E-state index < -0.39 is 50.9 Å². The van der Waals surface area contributed by atoms with Crippen molar-refractivity contribution in [2.24, 2.45) is 0 Å². The molecular formula is C32H46N6O9Si. The van der Waals surface area contributed by atoms with Crippen molar-refractivity contribution in [2.75, 3.05) is 13.2 Å². The number of aromatic nitrogens is 5. The fourth-order valence-electron chi connectivity index (χ4n) is 4.90. The van der Waals surface area contributed by atoms with E-state index in [0.717, 1.165) is 5.56 Å². The Bertz CT molecular complexity index is 1520. The SMILES string of the molecule is CCO[C@H]1O[C@H](CO[Si](C)(C)C(C)(C)C)[C@@H](n2cc(CNC(=O)CCc3nc(-c4ccccc4)no3)nn2)[C@H](OC(C)=O)[C@@H]1OC(C)=O. The smallest absolute Gasteiger partial charge is 0.303 e. The summed E-state index contributed by atoms with van der Waals surface area (Å²) in [5.74, 6) is -0.634. The maximum atomic E-state index is 12.7. The zero-order valence-electron chi connectivity index (χ0n) is 28.8. The van der Waals surface area contributed by atoms with Crippen LogP contribution in [0.2, 0.25) is 18.1 Å². The first-order valence-corrected chi connectivity index (χ1v) is 18.9. The van der Waals surface area contributed by atoms with E-state index in [1.54, 1.807) is 13.1 Å². The highest BCUT2D eigenvalue weighted by Gasteiger charge is 2.52. The molecule has 1 aromatic carbocycles. The Morgan fingerprint density at radius 3 is 2.38 bits per heavy atom. The lowest BCUT2D eigenvalue weighted by atomic mass is 9.95. The Labute approximate surface area is 281 Å². The molecule has 5 atom stereocenters. The van der Waals surface area contributed by atoms with Crippen LogP contribution in [0.15, 0.2) is 41.1 Å². The lowest BCUT2D eigenvalue weighted by Crippen LogP contribution is -2.60. The molecule has 15 nitrogen and oxygen atoms in total. The van der Waals surface area contributed by atoms with E-state index in [0.29, 0.717) is 17.4 Å². The van der Waals surface area contributed by atoms with Gasteiger partial charge in [0.05, 0.1) is 19.3 Å². The van der Waals surface area contributed by atoms with Crippen LogP contribution in [0.25, 0.3) is 11.4 Å². The number of rotatable bonds is 14. The van der Waals surface area contributed by atoms with Crippen LogP contribution in [0.5, 0.6) is 0 Å². The van der Waals surface area contributed by atoms with Crippen molar-refractivity contribution < 1.29 is 42.3 Å². The van der Waals surface area contributed by atoms with Gasteiger partial charge in [0.1, 0.15) is 17.8 Å². The Hall–Kier alpha value is -3.99. The lowest BCUT2D eigenvalue weighted by Gasteiger charge is -2.46. The minimum atomic E-state index is -2.25. The summed E-state index contributed by atoms with van der Waals surface area (Å²) in [6, 6.07) is 8.60. The van der Waals surface area contributed by atoms with Gasteiger partial charge in [-0.1, -0.05) is 61.5 Å². The number of esters is 2. The van der Waals surface area contributed by atoms with Crippen molar-refractivity contribution in [1.82, 2.24) is 30.5 Å². The van der Waals surface area contributed by atoms with Crippen LogP contribution in [0, 0.1) is 0 Å². The number of benzene rings is 1. The number of aryl methyl sites for hydroxylation is 1. The first-order chi connectivity index (χ1) is 22.7. The van der Waals surface area contributed by atoms with Gasteiger partial charge in [0.15, 0.2) is 26.8 Å². The Morgan fingerprint density at radius 2 is 1.73 bits per heavy atom. The third-order valence-electron chi connectivity index (χ3n) is 8.36. The topological polar surface area (TPSA) is 179 Å². The van der Waals surface area contributed by atoms with Crippen LogP contribution in [0.4, 0.5) is 0 Å². The zero-order valence-corrected chi connectivity index (χ0v) is 29.8. The van der Waals surface area contributed by atoms with Gasteiger partial charge in [-0.2, -0.15) is 4.98 Å². The van der Waals surface area contributed by atoms with Gasteiger partial charge in [-0.25, -0.2) is 4.68 Å². The summed E-state index contributed by atoms with van der Waals surface area (Å²) in [6.07, 6.45) is -1.91. The van der Waals surface area contributed by atoms with E-state index in [1.165, 1.54) is 18.5 Å². The van der Waals surface area contributed by atoms with Crippen molar-refractivity contribution in [3.63, 3.8) is 0 Å². The standard InChI is InChI=1S/C32H46N6O9Si/c1-9-42-31-29(45-21(3)40)28(44-20(2)39)27(24(46-31)19-43-48(7,8)32(4,5)6)38-18-23(35-37-38)17-33-25(41)15-16-26-34-30(36-47-26)22-13-11-10-12-14-22/h10-14,18,24,27-29,31H,9,15-17,19H2,1-8H3,(H,33,41)/t24-,27-,28+,29+,31+/m1/s1. The molecule has 1 saturated heterocycles. The minimum absolute atomic E-state index is 0.0732. The van der Waals surface area contributed by atoms with E-state index in [4.69, 9.17) is 27.9 Å². The van der Waals surface area contributed by atoms with Gasteiger partial charge in [-0.05, 0) is 25.1 Å². The molecule has 1 aliphatic heterocycles. The molecule has 262 valence electrons. The molecule has 0 radical (unpaired) electrons. The summed E-state index contributed by atoms with van der Waals surface area (Å²) >= 11 is 0. The molecule has 0 saturated carbocycles. The summed E-state index contributed by atoms with van der Waals surface area (Å²) in [7, 11) is -2.25. The first-order valence-electron chi connectivity index (χ1n) is 16.0. The number of hydrogen-bond donors (Lipinski definition) is 1. The molecule has 3 heterocycles. The number of nitrogens with one attached hydrogen (secondary N) is 1. The molecule has 3 aromatic rings. The van der Waals surface area contributed by atoms with Crippen LogP contribution >= 0.6 is 0 Å². The van der Waals surface area contributed by atoms with Gasteiger partial charge in [-0.15, -0.1) is 5.10 Å². The molecule has 0 spiro atoms. The van der Waals surface area contributed by atoms with Crippen molar-refractivity contribution in [3.05, 3.63) is 48.1 Å². The normalized spacial score (nSPS) is 21.5. The molecule has 16 heteroatoms. The molecule has 0 aliphatic carbocycles. The summed E-state index contributed by atoms with van der Waals surface area (Å²) < 4.78 is 36.9. The second-order valence-corrected chi connectivity index (χ2v) is 17.9. The van der Waals surface area contributed by atoms with E-state index in [1.807, 2.05) is 30.3 Å². The summed E-state index contributed by atoms with van der Waals surface area (Å²) in [6.45, 7) is 15.4. The molecule has 1 amide bonds. The summed E-state index contributed by atoms with van der Waals surface area (Å²) in [5.41, 5.74) is 1.26. The Morgan fingerprint density at radius 1 is 1.04 bits per heavy atom. The lowest BCUT2D eigenvalue weighted by molar-refractivity contribution is -0.291. The highest BCUT2D eigenvalue weighted by atomic mass is 28.4. The second kappa shape index (κ2) is 15.9. The number of amides is 1. The molecule has 4 rings (SSSR count). The van der Waals surface area contributed by atoms with Crippen LogP contribution < -0.4 is 5.32 Å². The van der Waals surface area contributed by atoms with E-state index in [9.17, 15) is 14.4 Å². The number of carbonyl (C=O) groups is 3. The van der Waals surface area contributed by atoms with Gasteiger partial charge in [0, 0.05) is 38.9 Å². The maximum Gasteiger partial charge on any atom is 0.303 e. The van der Waals surface area contributed by atoms with Crippen LogP contribution in [-0.2, 0) is 50.7 Å². The Balaban J connectivity index is 1.50. The summed E-state index contributed by atoms with van der Waals surface area (Å²) in [4.78, 5) is 41.6. The maximum absolute atomic E-state index is 12.7. The summed E-state index contributed by atoms with van der Waals surface area (Å²) in [5, 5.41) is 15.3. The van der Waals surface area contributed by atoms with Gasteiger partial charge in [0.2, 0.25) is 17.6 Å². The molecule has 1 N–H and O–H groups in total. The predicted molar refractivity (Wildman–Crippen MR) is 174 cm³/mol. The molecule has 1 fully saturated rings. The predicted octanol–water partition coefficient (Wildman–Crippen LogP) is 3.76. The quantitative estimate of drug-likeness (QED) is 0.192. The number of nitrogens with zero attached hydrogens (tertiary/aromatic N) is 5. The molecule has 0 unspecified atom stereocenters. The molecule has 48 heavy (non-hydrogen) atoms. The molecule has 0 bridgehead atoms. The monoisotopic (exact) mass is 686 g/mol. The largest absolute Gasteiger partial charge is 0.456 e. The number of hydrogen-bond acceptors (Lipinski definition) is 13. The van der Waals surface area contributed by atoms with Crippen molar-refractivity contribution in [1.29, 1.82) is 0 Å². The van der Waals surface area contributed by atoms with Crippen molar-refractivity contribution >= 4 is 26.2 Å². The third-order valence-corrected chi connectivity index (χ3v) is 12.9. The average Bonchev–Trinajstić information content (AvgIpc) is 3.69. The molecule has 1 aliphatic rings. The van der Waals surface area contributed by atoms with Crippen LogP contribution in [0.3, 0.4) is 0 Å². The highest BCUT2D eigenvalue weighted by molar-refractivity contribution is 6.74. The van der Waals surface area contributed by atoms with E-state index >= 15 is 0 Å². The van der Waals surface area contributed by atoms with E-state index in [-0.39, 0.29) is 43.5 Å². The van der Waals surface area contributed by atoms with Gasteiger partial charge < -0.3 is 33.2 Å². The van der Waals surface area contributed by atoms with Gasteiger partial charge in [-0.3, -0.25) is 14.4 Å². The Kier molecular flexibility index (Phi) is 12.2. The molecule has 2 aromatic heterocycles. The third kappa shape index (κ3) is 9.55. The van der Waals surface area contributed by atoms with Crippen molar-refractivity contribution in [2.45, 2.75) is 110 Å². The second-order valence-electron chi connectivity index (χ2n) is 13.1. The minimum Gasteiger partial charge on any atom is -0.456 e. The number of ether oxygens (including phenoxy) is 4. The first kappa shape index (κ1) is 36.8. The molecular weight excluding hydrogens is 640 g/mol. The highest BCUT2D eigenvalue weighted by Crippen LogP contribution is 2.39.